The van der Waals surface area contributed by atoms with Crippen molar-refractivity contribution in [1.82, 2.24) is 18.9 Å². The molecule has 5 nitrogen and oxygen atoms in total. The lowest BCUT2D eigenvalue weighted by Gasteiger charge is -2.05. The van der Waals surface area contributed by atoms with Gasteiger partial charge in [-0.3, -0.25) is 9.78 Å². The average Bonchev–Trinajstić information content (AvgIpc) is 2.83. The van der Waals surface area contributed by atoms with Crippen molar-refractivity contribution in [2.75, 3.05) is 0 Å². The maximum atomic E-state index is 12.4. The van der Waals surface area contributed by atoms with Crippen LogP contribution in [0, 0.1) is 6.92 Å². The van der Waals surface area contributed by atoms with Gasteiger partial charge in [0.1, 0.15) is 0 Å². The number of pyridine rings is 1. The summed E-state index contributed by atoms with van der Waals surface area (Å²) in [6.07, 6.45) is 1.77. The van der Waals surface area contributed by atoms with Gasteiger partial charge in [0.2, 0.25) is 5.78 Å². The summed E-state index contributed by atoms with van der Waals surface area (Å²) in [5, 5.41) is 0. The Morgan fingerprint density at radius 3 is 2.59 bits per heavy atom. The molecule has 1 aromatic carbocycles. The Kier molecular flexibility index (Phi) is 2.79. The van der Waals surface area contributed by atoms with Crippen LogP contribution in [0.4, 0.5) is 0 Å². The molecule has 0 aliphatic rings. The van der Waals surface area contributed by atoms with Crippen LogP contribution in [0.2, 0.25) is 0 Å². The fourth-order valence-corrected chi connectivity index (χ4v) is 2.79. The molecular formula is C17H14N4O. The van der Waals surface area contributed by atoms with Crippen molar-refractivity contribution < 1.29 is 0 Å². The van der Waals surface area contributed by atoms with Crippen molar-refractivity contribution in [1.29, 1.82) is 0 Å². The predicted octanol–water partition coefficient (Wildman–Crippen LogP) is 2.40. The van der Waals surface area contributed by atoms with Crippen LogP contribution >= 0.6 is 0 Å². The maximum absolute atomic E-state index is 12.4. The van der Waals surface area contributed by atoms with Crippen molar-refractivity contribution in [3.8, 4) is 0 Å². The SMILES string of the molecule is Cc1cc(=O)n2c3ccccc3n(Cc3ccccn3)c2n1. The zero-order valence-electron chi connectivity index (χ0n) is 12.1. The lowest BCUT2D eigenvalue weighted by molar-refractivity contribution is 0.803. The van der Waals surface area contributed by atoms with Crippen LogP contribution < -0.4 is 5.56 Å². The van der Waals surface area contributed by atoms with Gasteiger partial charge in [-0.05, 0) is 31.2 Å². The predicted molar refractivity (Wildman–Crippen MR) is 85.0 cm³/mol. The molecule has 108 valence electrons. The number of hydrogen-bond acceptors (Lipinski definition) is 3. The van der Waals surface area contributed by atoms with E-state index in [1.54, 1.807) is 16.7 Å². The molecular weight excluding hydrogens is 276 g/mol. The van der Waals surface area contributed by atoms with E-state index in [0.717, 1.165) is 22.4 Å². The van der Waals surface area contributed by atoms with E-state index < -0.39 is 0 Å². The summed E-state index contributed by atoms with van der Waals surface area (Å²) in [6, 6.07) is 15.2. The van der Waals surface area contributed by atoms with Gasteiger partial charge in [0, 0.05) is 18.0 Å². The molecule has 0 spiro atoms. The Hall–Kier alpha value is -2.95. The van der Waals surface area contributed by atoms with Crippen LogP contribution in [0.3, 0.4) is 0 Å². The van der Waals surface area contributed by atoms with E-state index in [2.05, 4.69) is 9.97 Å². The topological polar surface area (TPSA) is 52.2 Å². The van der Waals surface area contributed by atoms with Gasteiger partial charge in [0.25, 0.3) is 5.56 Å². The molecule has 0 aliphatic heterocycles. The minimum Gasteiger partial charge on any atom is -0.303 e. The van der Waals surface area contributed by atoms with Crippen molar-refractivity contribution in [3.05, 3.63) is 76.5 Å². The summed E-state index contributed by atoms with van der Waals surface area (Å²) in [6.45, 7) is 2.41. The second-order valence-electron chi connectivity index (χ2n) is 5.27. The van der Waals surface area contributed by atoms with Gasteiger partial charge < -0.3 is 4.57 Å². The van der Waals surface area contributed by atoms with Crippen LogP contribution in [0.15, 0.2) is 59.5 Å². The number of para-hydroxylation sites is 2. The molecule has 5 heteroatoms. The van der Waals surface area contributed by atoms with Crippen molar-refractivity contribution >= 4 is 16.8 Å². The number of nitrogens with zero attached hydrogens (tertiary/aromatic N) is 4. The summed E-state index contributed by atoms with van der Waals surface area (Å²) in [7, 11) is 0. The van der Waals surface area contributed by atoms with Gasteiger partial charge in [0.15, 0.2) is 0 Å². The third-order valence-electron chi connectivity index (χ3n) is 3.73. The first kappa shape index (κ1) is 12.8. The van der Waals surface area contributed by atoms with Gasteiger partial charge >= 0.3 is 0 Å². The van der Waals surface area contributed by atoms with Crippen LogP contribution in [0.1, 0.15) is 11.4 Å². The molecule has 0 saturated heterocycles. The van der Waals surface area contributed by atoms with Crippen LogP contribution in [0.25, 0.3) is 16.8 Å². The quantitative estimate of drug-likeness (QED) is 0.569. The van der Waals surface area contributed by atoms with Crippen molar-refractivity contribution in [2.45, 2.75) is 13.5 Å². The fraction of sp³-hybridized carbons (Fsp3) is 0.118. The van der Waals surface area contributed by atoms with Gasteiger partial charge in [-0.2, -0.15) is 0 Å². The van der Waals surface area contributed by atoms with Crippen LogP contribution in [-0.2, 0) is 6.54 Å². The van der Waals surface area contributed by atoms with E-state index in [-0.39, 0.29) is 5.56 Å². The maximum Gasteiger partial charge on any atom is 0.259 e. The Morgan fingerprint density at radius 2 is 1.82 bits per heavy atom. The largest absolute Gasteiger partial charge is 0.303 e. The standard InChI is InChI=1S/C17H14N4O/c1-12-10-16(22)21-15-8-3-2-7-14(15)20(17(21)19-12)11-13-6-4-5-9-18-13/h2-10H,11H2,1H3. The first-order chi connectivity index (χ1) is 10.7. The van der Waals surface area contributed by atoms with Gasteiger partial charge in [0.05, 0.1) is 23.3 Å². The highest BCUT2D eigenvalue weighted by Gasteiger charge is 2.13. The molecule has 0 aliphatic carbocycles. The highest BCUT2D eigenvalue weighted by Crippen LogP contribution is 2.19. The molecule has 0 atom stereocenters. The zero-order valence-corrected chi connectivity index (χ0v) is 12.1. The molecule has 0 fully saturated rings. The van der Waals surface area contributed by atoms with Gasteiger partial charge in [-0.1, -0.05) is 18.2 Å². The normalized spacial score (nSPS) is 11.3. The van der Waals surface area contributed by atoms with E-state index >= 15 is 0 Å². The lowest BCUT2D eigenvalue weighted by Crippen LogP contribution is -2.15. The molecule has 3 aromatic heterocycles. The summed E-state index contributed by atoms with van der Waals surface area (Å²) in [4.78, 5) is 21.3. The van der Waals surface area contributed by atoms with Crippen LogP contribution in [-0.4, -0.2) is 18.9 Å². The Morgan fingerprint density at radius 1 is 1.05 bits per heavy atom. The first-order valence-corrected chi connectivity index (χ1v) is 7.11. The molecule has 0 unspecified atom stereocenters. The van der Waals surface area contributed by atoms with E-state index in [9.17, 15) is 4.79 Å². The number of fused-ring (bicyclic) bond motifs is 3. The zero-order chi connectivity index (χ0) is 15.1. The van der Waals surface area contributed by atoms with E-state index in [1.165, 1.54) is 0 Å². The molecule has 4 rings (SSSR count). The lowest BCUT2D eigenvalue weighted by atomic mass is 10.3. The smallest absolute Gasteiger partial charge is 0.259 e. The minimum atomic E-state index is -0.0570. The number of aryl methyl sites for hydroxylation is 1. The second-order valence-corrected chi connectivity index (χ2v) is 5.27. The third kappa shape index (κ3) is 1.90. The summed E-state index contributed by atoms with van der Waals surface area (Å²) >= 11 is 0. The summed E-state index contributed by atoms with van der Waals surface area (Å²) in [5.41, 5.74) is 3.43. The van der Waals surface area contributed by atoms with E-state index in [1.807, 2.05) is 54.0 Å². The Labute approximate surface area is 126 Å². The molecule has 3 heterocycles. The number of benzene rings is 1. The average molecular weight is 290 g/mol. The van der Waals surface area contributed by atoms with Crippen LogP contribution in [0.5, 0.6) is 0 Å². The van der Waals surface area contributed by atoms with E-state index in [4.69, 9.17) is 0 Å². The highest BCUT2D eigenvalue weighted by molar-refractivity contribution is 5.80. The highest BCUT2D eigenvalue weighted by atomic mass is 16.1. The van der Waals surface area contributed by atoms with Crippen molar-refractivity contribution in [2.24, 2.45) is 0 Å². The molecule has 0 radical (unpaired) electrons. The molecule has 0 bridgehead atoms. The molecule has 0 N–H and O–H groups in total. The number of hydrogen-bond donors (Lipinski definition) is 0. The van der Waals surface area contributed by atoms with E-state index in [0.29, 0.717) is 12.3 Å². The third-order valence-corrected chi connectivity index (χ3v) is 3.73. The first-order valence-electron chi connectivity index (χ1n) is 7.11. The molecule has 0 amide bonds. The number of aromatic nitrogens is 4. The van der Waals surface area contributed by atoms with Crippen molar-refractivity contribution in [3.63, 3.8) is 0 Å². The Balaban J connectivity index is 2.08. The fourth-order valence-electron chi connectivity index (χ4n) is 2.79. The molecule has 4 aromatic rings. The Bertz CT molecular complexity index is 1030. The summed E-state index contributed by atoms with van der Waals surface area (Å²) < 4.78 is 3.69. The second kappa shape index (κ2) is 4.80. The monoisotopic (exact) mass is 290 g/mol. The summed E-state index contributed by atoms with van der Waals surface area (Å²) in [5.74, 6) is 0.650. The molecule has 22 heavy (non-hydrogen) atoms. The number of rotatable bonds is 2. The minimum absolute atomic E-state index is 0.0570. The molecule has 0 saturated carbocycles. The van der Waals surface area contributed by atoms with Gasteiger partial charge in [-0.15, -0.1) is 0 Å². The van der Waals surface area contributed by atoms with Gasteiger partial charge in [-0.25, -0.2) is 9.38 Å². The number of imidazole rings is 1.